The number of aromatic nitrogens is 2. The molecule has 2 aromatic carbocycles. The average Bonchev–Trinajstić information content (AvgIpc) is 2.79. The van der Waals surface area contributed by atoms with Crippen LogP contribution in [0.5, 0.6) is 0 Å². The quantitative estimate of drug-likeness (QED) is 0.403. The van der Waals surface area contributed by atoms with Gasteiger partial charge in [-0.3, -0.25) is 14.5 Å². The smallest absolute Gasteiger partial charge is 0.335 e. The third kappa shape index (κ3) is 7.15. The van der Waals surface area contributed by atoms with E-state index in [4.69, 9.17) is 0 Å². The van der Waals surface area contributed by atoms with Crippen molar-refractivity contribution < 1.29 is 29.0 Å². The molecule has 35 heavy (non-hydrogen) atoms. The van der Waals surface area contributed by atoms with E-state index in [9.17, 15) is 29.0 Å². The van der Waals surface area contributed by atoms with Crippen molar-refractivity contribution in [3.05, 3.63) is 93.8 Å². The molecule has 9 nitrogen and oxygen atoms in total. The number of nitrogens with one attached hydrogen (secondary N) is 1. The van der Waals surface area contributed by atoms with E-state index in [1.165, 1.54) is 24.5 Å². The van der Waals surface area contributed by atoms with Crippen LogP contribution in [0.2, 0.25) is 0 Å². The summed E-state index contributed by atoms with van der Waals surface area (Å²) in [7, 11) is 0. The van der Waals surface area contributed by atoms with Crippen LogP contribution >= 0.6 is 0 Å². The minimum absolute atomic E-state index is 0.116. The number of rotatable bonds is 10. The van der Waals surface area contributed by atoms with Crippen LogP contribution in [-0.2, 0) is 24.4 Å². The van der Waals surface area contributed by atoms with Crippen LogP contribution in [0.4, 0.5) is 4.39 Å². The first-order valence-corrected chi connectivity index (χ1v) is 10.7. The van der Waals surface area contributed by atoms with Crippen LogP contribution in [0.3, 0.4) is 0 Å². The van der Waals surface area contributed by atoms with E-state index in [0.29, 0.717) is 16.8 Å². The third-order valence-corrected chi connectivity index (χ3v) is 5.30. The highest BCUT2D eigenvalue weighted by molar-refractivity contribution is 5.92. The van der Waals surface area contributed by atoms with Gasteiger partial charge in [0.05, 0.1) is 17.8 Å². The van der Waals surface area contributed by atoms with Crippen molar-refractivity contribution in [2.24, 2.45) is 0 Å². The number of carbonyl (C=O) groups excluding carboxylic acids is 1. The number of aromatic carboxylic acids is 1. The monoisotopic (exact) mass is 480 g/mol. The maximum Gasteiger partial charge on any atom is 0.335 e. The Morgan fingerprint density at radius 1 is 0.943 bits per heavy atom. The average molecular weight is 480 g/mol. The summed E-state index contributed by atoms with van der Waals surface area (Å²) in [5, 5.41) is 21.3. The number of benzene rings is 2. The number of carbonyl (C=O) groups is 3. The van der Waals surface area contributed by atoms with Gasteiger partial charge in [0.2, 0.25) is 0 Å². The molecule has 3 aromatic rings. The molecule has 10 heteroatoms. The highest BCUT2D eigenvalue weighted by Crippen LogP contribution is 2.15. The number of hydrogen-bond donors (Lipinski definition) is 3. The lowest BCUT2D eigenvalue weighted by Gasteiger charge is -2.20. The molecule has 0 fully saturated rings. The molecule has 0 aliphatic carbocycles. The van der Waals surface area contributed by atoms with E-state index in [-0.39, 0.29) is 43.3 Å². The van der Waals surface area contributed by atoms with Gasteiger partial charge >= 0.3 is 11.9 Å². The van der Waals surface area contributed by atoms with Gasteiger partial charge in [-0.05, 0) is 54.3 Å². The molecule has 0 aliphatic heterocycles. The Morgan fingerprint density at radius 3 is 2.31 bits per heavy atom. The number of carboxylic acid groups (broad SMARTS) is 2. The zero-order valence-corrected chi connectivity index (χ0v) is 19.3. The Labute approximate surface area is 201 Å². The summed E-state index contributed by atoms with van der Waals surface area (Å²) in [5.41, 5.74) is 3.28. The van der Waals surface area contributed by atoms with Crippen molar-refractivity contribution in [2.45, 2.75) is 33.5 Å². The fourth-order valence-electron chi connectivity index (χ4n) is 3.61. The molecular weight excluding hydrogens is 455 g/mol. The van der Waals surface area contributed by atoms with Crippen molar-refractivity contribution in [1.29, 1.82) is 0 Å². The minimum Gasteiger partial charge on any atom is -0.480 e. The summed E-state index contributed by atoms with van der Waals surface area (Å²) in [6.07, 6.45) is 1.23. The van der Waals surface area contributed by atoms with Crippen LogP contribution in [0.15, 0.2) is 48.8 Å². The maximum absolute atomic E-state index is 13.4. The molecule has 3 rings (SSSR count). The van der Waals surface area contributed by atoms with E-state index in [0.717, 1.165) is 11.1 Å². The van der Waals surface area contributed by atoms with Gasteiger partial charge in [-0.2, -0.15) is 0 Å². The van der Waals surface area contributed by atoms with E-state index in [1.807, 2.05) is 0 Å². The number of carboxylic acids is 2. The molecule has 0 unspecified atom stereocenters. The van der Waals surface area contributed by atoms with Crippen LogP contribution in [0.25, 0.3) is 0 Å². The van der Waals surface area contributed by atoms with Crippen LogP contribution in [-0.4, -0.2) is 49.5 Å². The highest BCUT2D eigenvalue weighted by atomic mass is 19.1. The van der Waals surface area contributed by atoms with Gasteiger partial charge in [-0.1, -0.05) is 24.3 Å². The largest absolute Gasteiger partial charge is 0.480 e. The molecule has 182 valence electrons. The van der Waals surface area contributed by atoms with Gasteiger partial charge < -0.3 is 15.5 Å². The second kappa shape index (κ2) is 11.3. The molecule has 0 spiro atoms. The lowest BCUT2D eigenvalue weighted by Crippen LogP contribution is -2.30. The van der Waals surface area contributed by atoms with Gasteiger partial charge in [0.1, 0.15) is 17.8 Å². The zero-order valence-electron chi connectivity index (χ0n) is 19.3. The fraction of sp³-hybridized carbons (Fsp3) is 0.240. The molecule has 1 heterocycles. The SMILES string of the molecule is Cc1cc(CNC(=O)c2cc(CN(CC(=O)O)Cc3ccc(C(=O)O)c(C)c3)ncn2)ccc1F. The van der Waals surface area contributed by atoms with Gasteiger partial charge in [0.15, 0.2) is 0 Å². The second-order valence-electron chi connectivity index (χ2n) is 8.15. The van der Waals surface area contributed by atoms with Crippen molar-refractivity contribution in [1.82, 2.24) is 20.2 Å². The number of halogens is 1. The summed E-state index contributed by atoms with van der Waals surface area (Å²) in [4.78, 5) is 45.0. The molecule has 1 amide bonds. The van der Waals surface area contributed by atoms with Crippen LogP contribution in [0, 0.1) is 19.7 Å². The van der Waals surface area contributed by atoms with Crippen molar-refractivity contribution >= 4 is 17.8 Å². The second-order valence-corrected chi connectivity index (χ2v) is 8.15. The first-order valence-electron chi connectivity index (χ1n) is 10.7. The van der Waals surface area contributed by atoms with Gasteiger partial charge in [-0.25, -0.2) is 19.2 Å². The number of aliphatic carboxylic acids is 1. The lowest BCUT2D eigenvalue weighted by atomic mass is 10.0. The highest BCUT2D eigenvalue weighted by Gasteiger charge is 2.16. The molecule has 0 saturated carbocycles. The Hall–Kier alpha value is -4.18. The molecule has 3 N–H and O–H groups in total. The standard InChI is InChI=1S/C25H25FN4O5/c1-15-7-18(3-5-20(15)25(34)35)11-30(13-23(31)32)12-19-9-22(29-14-28-19)24(33)27-10-17-4-6-21(26)16(2)8-17/h3-9,14H,10-13H2,1-2H3,(H,27,33)(H,31,32)(H,34,35). The van der Waals surface area contributed by atoms with Crippen molar-refractivity contribution in [3.63, 3.8) is 0 Å². The third-order valence-electron chi connectivity index (χ3n) is 5.30. The van der Waals surface area contributed by atoms with Crippen LogP contribution < -0.4 is 5.32 Å². The predicted molar refractivity (Wildman–Crippen MR) is 124 cm³/mol. The van der Waals surface area contributed by atoms with E-state index < -0.39 is 17.8 Å². The van der Waals surface area contributed by atoms with E-state index >= 15 is 0 Å². The predicted octanol–water partition coefficient (Wildman–Crippen LogP) is 2.95. The van der Waals surface area contributed by atoms with E-state index in [1.54, 1.807) is 43.0 Å². The number of hydrogen-bond acceptors (Lipinski definition) is 6. The van der Waals surface area contributed by atoms with Gasteiger partial charge in [0.25, 0.3) is 5.91 Å². The topological polar surface area (TPSA) is 133 Å². The lowest BCUT2D eigenvalue weighted by molar-refractivity contribution is -0.138. The summed E-state index contributed by atoms with van der Waals surface area (Å²) in [6.45, 7) is 3.60. The molecule has 0 radical (unpaired) electrons. The fourth-order valence-corrected chi connectivity index (χ4v) is 3.61. The Bertz CT molecular complexity index is 1260. The minimum atomic E-state index is -1.04. The molecule has 0 aliphatic rings. The van der Waals surface area contributed by atoms with Gasteiger partial charge in [-0.15, -0.1) is 0 Å². The molecule has 0 atom stereocenters. The summed E-state index contributed by atoms with van der Waals surface area (Å²) in [6, 6.07) is 10.9. The molecule has 1 aromatic heterocycles. The van der Waals surface area contributed by atoms with Gasteiger partial charge in [0, 0.05) is 19.6 Å². The molecular formula is C25H25FN4O5. The van der Waals surface area contributed by atoms with E-state index in [2.05, 4.69) is 15.3 Å². The summed E-state index contributed by atoms with van der Waals surface area (Å²) in [5.74, 6) is -2.83. The van der Waals surface area contributed by atoms with Crippen molar-refractivity contribution in [2.75, 3.05) is 6.54 Å². The summed E-state index contributed by atoms with van der Waals surface area (Å²) >= 11 is 0. The van der Waals surface area contributed by atoms with Crippen LogP contribution in [0.1, 0.15) is 48.8 Å². The zero-order chi connectivity index (χ0) is 25.5. The molecule has 0 saturated heterocycles. The Morgan fingerprint density at radius 2 is 1.66 bits per heavy atom. The first kappa shape index (κ1) is 25.4. The maximum atomic E-state index is 13.4. The molecule has 0 bridgehead atoms. The summed E-state index contributed by atoms with van der Waals surface area (Å²) < 4.78 is 13.4. The van der Waals surface area contributed by atoms with Crippen molar-refractivity contribution in [3.8, 4) is 0 Å². The normalized spacial score (nSPS) is 10.9. The Balaban J connectivity index is 1.70. The number of aryl methyl sites for hydroxylation is 2. The number of nitrogens with zero attached hydrogens (tertiary/aromatic N) is 3. The first-order chi connectivity index (χ1) is 16.6. The number of amides is 1. The Kier molecular flexibility index (Phi) is 8.21.